The quantitative estimate of drug-likeness (QED) is 0.382. The van der Waals surface area contributed by atoms with Gasteiger partial charge in [-0.25, -0.2) is 4.98 Å². The van der Waals surface area contributed by atoms with Crippen molar-refractivity contribution in [2.45, 2.75) is 89.4 Å². The molecule has 2 saturated heterocycles. The average molecular weight is 550 g/mol. The molecule has 3 N–H and O–H groups in total. The Kier molecular flexibility index (Phi) is 9.06. The van der Waals surface area contributed by atoms with Crippen molar-refractivity contribution in [3.63, 3.8) is 0 Å². The summed E-state index contributed by atoms with van der Waals surface area (Å²) < 4.78 is 11.5. The van der Waals surface area contributed by atoms with E-state index in [1.807, 2.05) is 12.3 Å². The first kappa shape index (κ1) is 28.5. The number of hydrogen-bond donors (Lipinski definition) is 3. The number of aliphatic hydroxyl groups excluding tert-OH is 2. The maximum atomic E-state index is 13.1. The summed E-state index contributed by atoms with van der Waals surface area (Å²) in [5, 5.41) is 26.5. The van der Waals surface area contributed by atoms with Gasteiger partial charge in [-0.05, 0) is 19.9 Å². The zero-order chi connectivity index (χ0) is 26.1. The van der Waals surface area contributed by atoms with Crippen LogP contribution in [0.2, 0.25) is 0 Å². The van der Waals surface area contributed by atoms with Crippen LogP contribution in [-0.4, -0.2) is 69.0 Å². The van der Waals surface area contributed by atoms with Crippen LogP contribution in [-0.2, 0) is 19.1 Å². The Bertz CT molecular complexity index is 970. The van der Waals surface area contributed by atoms with E-state index in [-0.39, 0.29) is 24.9 Å². The average Bonchev–Trinajstić information content (AvgIpc) is 3.22. The predicted molar refractivity (Wildman–Crippen MR) is 135 cm³/mol. The number of aliphatic hydroxyl groups is 2. The number of nitrogens with one attached hydrogen (secondary N) is 1. The zero-order valence-electron chi connectivity index (χ0n) is 20.6. The number of carbonyl (C=O) groups is 2. The highest BCUT2D eigenvalue weighted by molar-refractivity contribution is 7.09. The van der Waals surface area contributed by atoms with Gasteiger partial charge in [0.1, 0.15) is 11.9 Å². The van der Waals surface area contributed by atoms with Crippen molar-refractivity contribution in [3.05, 3.63) is 21.1 Å². The molecule has 0 unspecified atom stereocenters. The fourth-order valence-corrected chi connectivity index (χ4v) is 5.37. The third kappa shape index (κ3) is 6.83. The Morgan fingerprint density at radius 3 is 2.63 bits per heavy atom. The van der Waals surface area contributed by atoms with E-state index in [9.17, 15) is 19.8 Å². The number of epoxide rings is 1. The number of hydrogen-bond acceptors (Lipinski definition) is 8. The molecule has 0 bridgehead atoms. The van der Waals surface area contributed by atoms with E-state index in [4.69, 9.17) is 32.7 Å². The number of aryl methyl sites for hydroxylation is 1. The molecule has 3 heterocycles. The maximum absolute atomic E-state index is 13.1. The number of aromatic nitrogens is 1. The first-order valence-corrected chi connectivity index (χ1v) is 13.4. The lowest BCUT2D eigenvalue weighted by molar-refractivity contribution is -0.146. The molecule has 2 aliphatic rings. The topological polar surface area (TPSA) is 121 Å². The highest BCUT2D eigenvalue weighted by Gasteiger charge is 2.55. The summed E-state index contributed by atoms with van der Waals surface area (Å²) in [6, 6.07) is -0.628. The van der Waals surface area contributed by atoms with Crippen LogP contribution >= 0.6 is 34.5 Å². The van der Waals surface area contributed by atoms with E-state index in [2.05, 4.69) is 10.3 Å². The molecule has 196 valence electrons. The van der Waals surface area contributed by atoms with Gasteiger partial charge in [0.05, 0.1) is 53.5 Å². The van der Waals surface area contributed by atoms with Crippen molar-refractivity contribution in [1.82, 2.24) is 10.3 Å². The molecule has 0 saturated carbocycles. The smallest absolute Gasteiger partial charge is 0.223 e. The predicted octanol–water partition coefficient (Wildman–Crippen LogP) is 3.39. The van der Waals surface area contributed by atoms with Gasteiger partial charge in [0.25, 0.3) is 0 Å². The minimum atomic E-state index is -1.28. The van der Waals surface area contributed by atoms with Gasteiger partial charge >= 0.3 is 0 Å². The number of Topliss-reactive ketones (excluding diaryl/α,β-unsaturated/α-hetero) is 1. The number of nitrogens with zero attached hydrogens (tertiary/aromatic N) is 1. The Labute approximate surface area is 220 Å². The first-order valence-electron chi connectivity index (χ1n) is 11.7. The van der Waals surface area contributed by atoms with Crippen molar-refractivity contribution >= 4 is 52.3 Å². The molecule has 11 heteroatoms. The van der Waals surface area contributed by atoms with Crippen LogP contribution in [0.15, 0.2) is 10.4 Å². The van der Waals surface area contributed by atoms with Crippen LogP contribution in [0.1, 0.15) is 57.7 Å². The van der Waals surface area contributed by atoms with Crippen molar-refractivity contribution in [3.8, 4) is 0 Å². The van der Waals surface area contributed by atoms with Crippen LogP contribution < -0.4 is 5.32 Å². The largest absolute Gasteiger partial charge is 0.392 e. The molecule has 7 atom stereocenters. The second kappa shape index (κ2) is 11.1. The summed E-state index contributed by atoms with van der Waals surface area (Å²) in [5.41, 5.74) is -0.596. The molecule has 1 aromatic heterocycles. The van der Waals surface area contributed by atoms with E-state index in [0.29, 0.717) is 23.6 Å². The van der Waals surface area contributed by atoms with Crippen LogP contribution in [0, 0.1) is 18.3 Å². The first-order chi connectivity index (χ1) is 16.2. The number of alkyl halides is 1. The lowest BCUT2D eigenvalue weighted by atomic mass is 9.74. The van der Waals surface area contributed by atoms with Crippen LogP contribution in [0.4, 0.5) is 0 Å². The third-order valence-corrected chi connectivity index (χ3v) is 8.57. The zero-order valence-corrected chi connectivity index (χ0v) is 22.9. The molecule has 0 radical (unpaired) electrons. The van der Waals surface area contributed by atoms with Crippen molar-refractivity contribution in [2.24, 2.45) is 11.3 Å². The highest BCUT2D eigenvalue weighted by atomic mass is 35.5. The van der Waals surface area contributed by atoms with E-state index >= 15 is 0 Å². The molecular weight excluding hydrogens is 515 g/mol. The Morgan fingerprint density at radius 1 is 1.31 bits per heavy atom. The van der Waals surface area contributed by atoms with Gasteiger partial charge in [0, 0.05) is 29.2 Å². The number of thiazole rings is 1. The van der Waals surface area contributed by atoms with Gasteiger partial charge < -0.3 is 25.0 Å². The van der Waals surface area contributed by atoms with E-state index in [1.54, 1.807) is 33.8 Å². The number of amides is 1. The molecule has 1 amide bonds. The van der Waals surface area contributed by atoms with Crippen molar-refractivity contribution in [1.29, 1.82) is 0 Å². The van der Waals surface area contributed by atoms with E-state index in [1.165, 1.54) is 11.3 Å². The SMILES string of the molecule is Cc1nc(C=C(Cl)[C@@H]2C[C@@H]3O[C@]3(Cl)CCO[C@@H](C)[C@@H](O)[C@@H](C)C(=O)C(C)(C)[C@@H](O)CC(=O)N2)cs1. The molecule has 0 spiro atoms. The number of carbonyl (C=O) groups excluding carboxylic acids is 2. The monoisotopic (exact) mass is 548 g/mol. The number of ketones is 1. The lowest BCUT2D eigenvalue weighted by Gasteiger charge is -2.34. The molecule has 2 aliphatic heterocycles. The molecule has 8 nitrogen and oxygen atoms in total. The lowest BCUT2D eigenvalue weighted by Crippen LogP contribution is -2.48. The molecular formula is C24H34Cl2N2O6S. The minimum Gasteiger partial charge on any atom is -0.392 e. The Hall–Kier alpha value is -1.07. The Morgan fingerprint density at radius 2 is 2.00 bits per heavy atom. The number of rotatable bonds is 2. The fraction of sp³-hybridized carbons (Fsp3) is 0.708. The molecule has 3 rings (SSSR count). The summed E-state index contributed by atoms with van der Waals surface area (Å²) in [5.74, 6) is -1.64. The van der Waals surface area contributed by atoms with Crippen molar-refractivity contribution < 1.29 is 29.3 Å². The highest BCUT2D eigenvalue weighted by Crippen LogP contribution is 2.47. The standard InChI is InChI=1S/C24H34Cl2N2O6S/c1-12-21(31)13(2)33-7-6-24(26)19(34-24)9-17(16(25)8-15-11-35-14(3)27-15)28-20(30)10-18(29)23(4,5)22(12)32/h8,11-13,17-19,21,29,31H,6-7,9-10H2,1-5H3,(H,28,30)/t12-,13+,17+,18+,19+,21+,24-/m1/s1. The van der Waals surface area contributed by atoms with Gasteiger partial charge in [-0.15, -0.1) is 11.3 Å². The molecule has 1 aromatic rings. The Balaban J connectivity index is 1.85. The fourth-order valence-electron chi connectivity index (χ4n) is 4.27. The van der Waals surface area contributed by atoms with Gasteiger partial charge in [0.2, 0.25) is 5.91 Å². The van der Waals surface area contributed by atoms with Crippen molar-refractivity contribution in [2.75, 3.05) is 6.61 Å². The summed E-state index contributed by atoms with van der Waals surface area (Å²) in [6.45, 7) is 8.51. The van der Waals surface area contributed by atoms with Crippen LogP contribution in [0.25, 0.3) is 6.08 Å². The second-order valence-corrected chi connectivity index (χ2v) is 12.1. The molecule has 35 heavy (non-hydrogen) atoms. The van der Waals surface area contributed by atoms with Gasteiger partial charge in [0.15, 0.2) is 5.06 Å². The van der Waals surface area contributed by atoms with E-state index < -0.39 is 46.7 Å². The van der Waals surface area contributed by atoms with Gasteiger partial charge in [-0.2, -0.15) is 0 Å². The maximum Gasteiger partial charge on any atom is 0.223 e. The second-order valence-electron chi connectivity index (χ2n) is 9.98. The molecule has 0 aromatic carbocycles. The van der Waals surface area contributed by atoms with E-state index in [0.717, 1.165) is 5.01 Å². The van der Waals surface area contributed by atoms with Gasteiger partial charge in [-0.3, -0.25) is 9.59 Å². The number of halogens is 2. The summed E-state index contributed by atoms with van der Waals surface area (Å²) in [7, 11) is 0. The molecule has 0 aliphatic carbocycles. The summed E-state index contributed by atoms with van der Waals surface area (Å²) >= 11 is 14.7. The summed E-state index contributed by atoms with van der Waals surface area (Å²) in [6.07, 6.45) is -1.35. The normalized spacial score (nSPS) is 37.5. The van der Waals surface area contributed by atoms with Crippen LogP contribution in [0.3, 0.4) is 0 Å². The van der Waals surface area contributed by atoms with Gasteiger partial charge in [-0.1, -0.05) is 44.0 Å². The number of ether oxygens (including phenoxy) is 2. The number of fused-ring (bicyclic) bond motifs is 1. The molecule has 2 fully saturated rings. The third-order valence-electron chi connectivity index (χ3n) is 6.88. The minimum absolute atomic E-state index is 0.212. The van der Waals surface area contributed by atoms with Crippen LogP contribution in [0.5, 0.6) is 0 Å². The summed E-state index contributed by atoms with van der Waals surface area (Å²) in [4.78, 5) is 30.4.